The van der Waals surface area contributed by atoms with Crippen LogP contribution in [0.5, 0.6) is 0 Å². The fraction of sp³-hybridized carbons (Fsp3) is 0.231. The SMILES string of the molecule is CC(Cn1cncn1)c1nc(-c2ccccc2)no1. The molecule has 3 aromatic rings. The lowest BCUT2D eigenvalue weighted by Gasteiger charge is -2.04. The van der Waals surface area contributed by atoms with E-state index < -0.39 is 0 Å². The average Bonchev–Trinajstić information content (AvgIpc) is 3.10. The Labute approximate surface area is 110 Å². The molecular weight excluding hydrogens is 242 g/mol. The summed E-state index contributed by atoms with van der Waals surface area (Å²) in [5, 5.41) is 8.07. The van der Waals surface area contributed by atoms with Gasteiger partial charge in [0, 0.05) is 5.56 Å². The zero-order valence-corrected chi connectivity index (χ0v) is 10.5. The van der Waals surface area contributed by atoms with Crippen LogP contribution < -0.4 is 0 Å². The van der Waals surface area contributed by atoms with Gasteiger partial charge < -0.3 is 4.52 Å². The first kappa shape index (κ1) is 11.6. The molecule has 1 aromatic carbocycles. The van der Waals surface area contributed by atoms with Gasteiger partial charge in [0.1, 0.15) is 12.7 Å². The Hall–Kier alpha value is -2.50. The summed E-state index contributed by atoms with van der Waals surface area (Å²) in [6, 6.07) is 9.76. The molecule has 3 rings (SSSR count). The van der Waals surface area contributed by atoms with Crippen LogP contribution in [0.25, 0.3) is 11.4 Å². The second kappa shape index (κ2) is 5.01. The van der Waals surface area contributed by atoms with Crippen molar-refractivity contribution in [1.82, 2.24) is 24.9 Å². The van der Waals surface area contributed by atoms with Crippen molar-refractivity contribution in [2.75, 3.05) is 0 Å². The van der Waals surface area contributed by atoms with Crippen LogP contribution in [0.15, 0.2) is 47.5 Å². The van der Waals surface area contributed by atoms with Crippen LogP contribution in [0.1, 0.15) is 18.7 Å². The summed E-state index contributed by atoms with van der Waals surface area (Å²) >= 11 is 0. The molecule has 0 saturated carbocycles. The fourth-order valence-electron chi connectivity index (χ4n) is 1.83. The molecule has 1 atom stereocenters. The van der Waals surface area contributed by atoms with Gasteiger partial charge in [-0.25, -0.2) is 4.98 Å². The maximum absolute atomic E-state index is 5.31. The van der Waals surface area contributed by atoms with Crippen LogP contribution in [0.2, 0.25) is 0 Å². The lowest BCUT2D eigenvalue weighted by atomic mass is 10.2. The molecule has 6 heteroatoms. The highest BCUT2D eigenvalue weighted by Gasteiger charge is 2.15. The van der Waals surface area contributed by atoms with Crippen LogP contribution >= 0.6 is 0 Å². The third-order valence-electron chi connectivity index (χ3n) is 2.82. The molecule has 0 aliphatic heterocycles. The van der Waals surface area contributed by atoms with Gasteiger partial charge in [0.05, 0.1) is 12.5 Å². The molecule has 0 fully saturated rings. The number of aromatic nitrogens is 5. The van der Waals surface area contributed by atoms with Crippen molar-refractivity contribution in [3.8, 4) is 11.4 Å². The van der Waals surface area contributed by atoms with Crippen LogP contribution in [-0.2, 0) is 6.54 Å². The maximum Gasteiger partial charge on any atom is 0.231 e. The molecule has 0 bridgehead atoms. The minimum atomic E-state index is 0.0895. The van der Waals surface area contributed by atoms with E-state index in [1.54, 1.807) is 11.0 Å². The summed E-state index contributed by atoms with van der Waals surface area (Å²) in [5.74, 6) is 1.31. The van der Waals surface area contributed by atoms with Crippen LogP contribution in [0, 0.1) is 0 Å². The third kappa shape index (κ3) is 2.52. The molecule has 0 amide bonds. The zero-order chi connectivity index (χ0) is 13.1. The monoisotopic (exact) mass is 255 g/mol. The number of hydrogen-bond donors (Lipinski definition) is 0. The molecule has 96 valence electrons. The van der Waals surface area contributed by atoms with Crippen LogP contribution in [-0.4, -0.2) is 24.9 Å². The maximum atomic E-state index is 5.31. The van der Waals surface area contributed by atoms with Crippen molar-refractivity contribution in [2.45, 2.75) is 19.4 Å². The van der Waals surface area contributed by atoms with Crippen LogP contribution in [0.3, 0.4) is 0 Å². The average molecular weight is 255 g/mol. The van der Waals surface area contributed by atoms with Gasteiger partial charge in [-0.05, 0) is 0 Å². The minimum absolute atomic E-state index is 0.0895. The predicted molar refractivity (Wildman–Crippen MR) is 68.2 cm³/mol. The largest absolute Gasteiger partial charge is 0.339 e. The Bertz CT molecular complexity index is 632. The molecule has 0 radical (unpaired) electrons. The van der Waals surface area contributed by atoms with Crippen molar-refractivity contribution < 1.29 is 4.52 Å². The summed E-state index contributed by atoms with van der Waals surface area (Å²) in [5.41, 5.74) is 0.949. The molecule has 2 heterocycles. The topological polar surface area (TPSA) is 69.6 Å². The summed E-state index contributed by atoms with van der Waals surface area (Å²) in [6.45, 7) is 2.68. The van der Waals surface area contributed by atoms with Gasteiger partial charge in [-0.15, -0.1) is 0 Å². The lowest BCUT2D eigenvalue weighted by Crippen LogP contribution is -2.07. The first-order valence-corrected chi connectivity index (χ1v) is 6.04. The third-order valence-corrected chi connectivity index (χ3v) is 2.82. The molecule has 0 saturated heterocycles. The summed E-state index contributed by atoms with van der Waals surface area (Å²) in [4.78, 5) is 8.33. The van der Waals surface area contributed by atoms with E-state index in [4.69, 9.17) is 4.52 Å². The summed E-state index contributed by atoms with van der Waals surface area (Å²) < 4.78 is 7.05. The van der Waals surface area contributed by atoms with Crippen molar-refractivity contribution in [2.24, 2.45) is 0 Å². The molecular formula is C13H13N5O. The normalized spacial score (nSPS) is 12.5. The first-order chi connectivity index (χ1) is 9.33. The van der Waals surface area contributed by atoms with E-state index in [2.05, 4.69) is 20.2 Å². The standard InChI is InChI=1S/C13H13N5O/c1-10(7-18-9-14-8-15-18)13-16-12(17-19-13)11-5-3-2-4-6-11/h2-6,8-10H,7H2,1H3. The predicted octanol–water partition coefficient (Wildman–Crippen LogP) is 2.13. The van der Waals surface area contributed by atoms with E-state index in [0.29, 0.717) is 18.3 Å². The Morgan fingerprint density at radius 3 is 2.84 bits per heavy atom. The van der Waals surface area contributed by atoms with E-state index in [9.17, 15) is 0 Å². The molecule has 0 aliphatic rings. The van der Waals surface area contributed by atoms with Gasteiger partial charge >= 0.3 is 0 Å². The number of benzene rings is 1. The van der Waals surface area contributed by atoms with Gasteiger partial charge in [0.15, 0.2) is 0 Å². The quantitative estimate of drug-likeness (QED) is 0.714. The highest BCUT2D eigenvalue weighted by atomic mass is 16.5. The smallest absolute Gasteiger partial charge is 0.231 e. The Morgan fingerprint density at radius 1 is 1.26 bits per heavy atom. The van der Waals surface area contributed by atoms with E-state index in [1.807, 2.05) is 37.3 Å². The van der Waals surface area contributed by atoms with E-state index in [-0.39, 0.29) is 5.92 Å². The highest BCUT2D eigenvalue weighted by molar-refractivity contribution is 5.53. The van der Waals surface area contributed by atoms with Crippen LogP contribution in [0.4, 0.5) is 0 Å². The minimum Gasteiger partial charge on any atom is -0.339 e. The second-order valence-electron chi connectivity index (χ2n) is 4.34. The van der Waals surface area contributed by atoms with Gasteiger partial charge in [0.25, 0.3) is 0 Å². The van der Waals surface area contributed by atoms with Crippen molar-refractivity contribution in [3.05, 3.63) is 48.9 Å². The molecule has 0 aliphatic carbocycles. The van der Waals surface area contributed by atoms with Crippen molar-refractivity contribution >= 4 is 0 Å². The van der Waals surface area contributed by atoms with Gasteiger partial charge in [0.2, 0.25) is 11.7 Å². The number of hydrogen-bond acceptors (Lipinski definition) is 5. The number of rotatable bonds is 4. The van der Waals surface area contributed by atoms with Crippen molar-refractivity contribution in [1.29, 1.82) is 0 Å². The molecule has 0 N–H and O–H groups in total. The first-order valence-electron chi connectivity index (χ1n) is 6.04. The number of nitrogens with zero attached hydrogens (tertiary/aromatic N) is 5. The molecule has 2 aromatic heterocycles. The Kier molecular flexibility index (Phi) is 3.06. The Morgan fingerprint density at radius 2 is 2.11 bits per heavy atom. The highest BCUT2D eigenvalue weighted by Crippen LogP contribution is 2.20. The molecule has 0 spiro atoms. The molecule has 19 heavy (non-hydrogen) atoms. The summed E-state index contributed by atoms with van der Waals surface area (Å²) in [7, 11) is 0. The zero-order valence-electron chi connectivity index (χ0n) is 10.5. The fourth-order valence-corrected chi connectivity index (χ4v) is 1.83. The summed E-state index contributed by atoms with van der Waals surface area (Å²) in [6.07, 6.45) is 3.18. The molecule has 1 unspecified atom stereocenters. The van der Waals surface area contributed by atoms with E-state index in [0.717, 1.165) is 5.56 Å². The second-order valence-corrected chi connectivity index (χ2v) is 4.34. The van der Waals surface area contributed by atoms with E-state index >= 15 is 0 Å². The lowest BCUT2D eigenvalue weighted by molar-refractivity contribution is 0.343. The molecule has 6 nitrogen and oxygen atoms in total. The van der Waals surface area contributed by atoms with Gasteiger partial charge in [-0.2, -0.15) is 10.1 Å². The van der Waals surface area contributed by atoms with Crippen molar-refractivity contribution in [3.63, 3.8) is 0 Å². The Balaban J connectivity index is 1.78. The van der Waals surface area contributed by atoms with Gasteiger partial charge in [-0.1, -0.05) is 42.4 Å². The van der Waals surface area contributed by atoms with Gasteiger partial charge in [-0.3, -0.25) is 4.68 Å². The van der Waals surface area contributed by atoms with E-state index in [1.165, 1.54) is 6.33 Å².